The highest BCUT2D eigenvalue weighted by Crippen LogP contribution is 2.27. The molecule has 18 heavy (non-hydrogen) atoms. The fraction of sp³-hybridized carbons (Fsp3) is 0.188. The molecule has 2 nitrogen and oxygen atoms in total. The van der Waals surface area contributed by atoms with Crippen molar-refractivity contribution in [2.75, 3.05) is 5.32 Å². The van der Waals surface area contributed by atoms with Gasteiger partial charge in [0.2, 0.25) is 0 Å². The first-order chi connectivity index (χ1) is 8.61. The van der Waals surface area contributed by atoms with Crippen molar-refractivity contribution >= 4 is 17.7 Å². The van der Waals surface area contributed by atoms with Crippen LogP contribution in [0.25, 0.3) is 0 Å². The lowest BCUT2D eigenvalue weighted by Gasteiger charge is -2.15. The molecule has 0 radical (unpaired) electrons. The highest BCUT2D eigenvalue weighted by atomic mass is 16.1. The van der Waals surface area contributed by atoms with Crippen LogP contribution >= 0.6 is 0 Å². The van der Waals surface area contributed by atoms with Crippen molar-refractivity contribution < 1.29 is 4.79 Å². The molecule has 2 heteroatoms. The first-order valence-electron chi connectivity index (χ1n) is 6.01. The molecule has 1 N–H and O–H groups in total. The molecule has 0 aliphatic heterocycles. The summed E-state index contributed by atoms with van der Waals surface area (Å²) >= 11 is 0. The molecule has 92 valence electrons. The number of aldehydes is 1. The molecule has 0 amide bonds. The van der Waals surface area contributed by atoms with Crippen molar-refractivity contribution in [1.29, 1.82) is 0 Å². The monoisotopic (exact) mass is 239 g/mol. The lowest BCUT2D eigenvalue weighted by Crippen LogP contribution is -1.99. The number of rotatable bonds is 3. The molecule has 0 fully saturated rings. The fourth-order valence-corrected chi connectivity index (χ4v) is 2.23. The second-order valence-corrected chi connectivity index (χ2v) is 4.60. The van der Waals surface area contributed by atoms with Crippen LogP contribution in [0, 0.1) is 20.8 Å². The Labute approximate surface area is 108 Å². The molecular weight excluding hydrogens is 222 g/mol. The second kappa shape index (κ2) is 5.05. The normalized spacial score (nSPS) is 10.2. The third-order valence-electron chi connectivity index (χ3n) is 3.02. The van der Waals surface area contributed by atoms with E-state index in [2.05, 4.69) is 38.2 Å². The quantitative estimate of drug-likeness (QED) is 0.814. The highest BCUT2D eigenvalue weighted by Gasteiger charge is 2.06. The topological polar surface area (TPSA) is 29.1 Å². The summed E-state index contributed by atoms with van der Waals surface area (Å²) in [6, 6.07) is 11.8. The van der Waals surface area contributed by atoms with Gasteiger partial charge in [-0.15, -0.1) is 0 Å². The summed E-state index contributed by atoms with van der Waals surface area (Å²) in [6.45, 7) is 6.24. The average molecular weight is 239 g/mol. The van der Waals surface area contributed by atoms with Crippen LogP contribution in [0.1, 0.15) is 27.0 Å². The SMILES string of the molecule is Cc1cc(C)c(Nc2ccccc2C=O)c(C)c1. The van der Waals surface area contributed by atoms with Crippen molar-refractivity contribution in [2.24, 2.45) is 0 Å². The van der Waals surface area contributed by atoms with E-state index >= 15 is 0 Å². The maximum absolute atomic E-state index is 11.0. The number of nitrogens with one attached hydrogen (secondary N) is 1. The van der Waals surface area contributed by atoms with E-state index in [-0.39, 0.29) is 0 Å². The zero-order valence-electron chi connectivity index (χ0n) is 10.9. The van der Waals surface area contributed by atoms with Gasteiger partial charge < -0.3 is 5.32 Å². The Bertz CT molecular complexity index is 564. The largest absolute Gasteiger partial charge is 0.355 e. The molecule has 0 bridgehead atoms. The van der Waals surface area contributed by atoms with Crippen LogP contribution < -0.4 is 5.32 Å². The number of hydrogen-bond acceptors (Lipinski definition) is 2. The number of hydrogen-bond donors (Lipinski definition) is 1. The van der Waals surface area contributed by atoms with Gasteiger partial charge in [0.05, 0.1) is 0 Å². The van der Waals surface area contributed by atoms with Crippen molar-refractivity contribution in [3.05, 3.63) is 58.7 Å². The lowest BCUT2D eigenvalue weighted by molar-refractivity contribution is 0.112. The predicted molar refractivity (Wildman–Crippen MR) is 75.8 cm³/mol. The van der Waals surface area contributed by atoms with Crippen molar-refractivity contribution in [3.63, 3.8) is 0 Å². The minimum Gasteiger partial charge on any atom is -0.355 e. The first kappa shape index (κ1) is 12.4. The Hall–Kier alpha value is -2.09. The van der Waals surface area contributed by atoms with Crippen LogP contribution in [0.3, 0.4) is 0 Å². The summed E-state index contributed by atoms with van der Waals surface area (Å²) in [5.74, 6) is 0. The summed E-state index contributed by atoms with van der Waals surface area (Å²) in [6.07, 6.45) is 0.876. The van der Waals surface area contributed by atoms with Gasteiger partial charge in [0.1, 0.15) is 0 Å². The number of benzene rings is 2. The van der Waals surface area contributed by atoms with E-state index in [1.807, 2.05) is 24.3 Å². The van der Waals surface area contributed by atoms with E-state index < -0.39 is 0 Å². The van der Waals surface area contributed by atoms with Crippen LogP contribution in [0.2, 0.25) is 0 Å². The molecule has 0 spiro atoms. The predicted octanol–water partition coefficient (Wildman–Crippen LogP) is 4.17. The smallest absolute Gasteiger partial charge is 0.152 e. The van der Waals surface area contributed by atoms with E-state index in [4.69, 9.17) is 0 Å². The Morgan fingerprint density at radius 3 is 2.22 bits per heavy atom. The maximum atomic E-state index is 11.0. The molecule has 0 aliphatic carbocycles. The second-order valence-electron chi connectivity index (χ2n) is 4.60. The van der Waals surface area contributed by atoms with Crippen LogP contribution in [0.4, 0.5) is 11.4 Å². The molecule has 0 saturated carbocycles. The van der Waals surface area contributed by atoms with Gasteiger partial charge >= 0.3 is 0 Å². The summed E-state index contributed by atoms with van der Waals surface area (Å²) in [4.78, 5) is 11.0. The van der Waals surface area contributed by atoms with E-state index in [0.29, 0.717) is 5.56 Å². The average Bonchev–Trinajstić information content (AvgIpc) is 2.34. The Kier molecular flexibility index (Phi) is 3.47. The number of anilines is 2. The van der Waals surface area contributed by atoms with Crippen molar-refractivity contribution in [3.8, 4) is 0 Å². The molecule has 2 aromatic rings. The number of carbonyl (C=O) groups is 1. The molecule has 2 aromatic carbocycles. The Balaban J connectivity index is 2.43. The van der Waals surface area contributed by atoms with Gasteiger partial charge in [-0.2, -0.15) is 0 Å². The van der Waals surface area contributed by atoms with Gasteiger partial charge in [-0.05, 0) is 44.0 Å². The van der Waals surface area contributed by atoms with E-state index in [1.54, 1.807) is 0 Å². The van der Waals surface area contributed by atoms with Gasteiger partial charge in [0.15, 0.2) is 6.29 Å². The molecule has 0 aromatic heterocycles. The zero-order valence-corrected chi connectivity index (χ0v) is 10.9. The van der Waals surface area contributed by atoms with Gasteiger partial charge in [-0.25, -0.2) is 0 Å². The molecule has 0 saturated heterocycles. The van der Waals surface area contributed by atoms with E-state index in [0.717, 1.165) is 17.7 Å². The number of para-hydroxylation sites is 1. The van der Waals surface area contributed by atoms with Crippen LogP contribution in [-0.4, -0.2) is 6.29 Å². The summed E-state index contributed by atoms with van der Waals surface area (Å²) in [5.41, 5.74) is 6.23. The Morgan fingerprint density at radius 1 is 1.00 bits per heavy atom. The third kappa shape index (κ3) is 2.43. The summed E-state index contributed by atoms with van der Waals surface area (Å²) < 4.78 is 0. The first-order valence-corrected chi connectivity index (χ1v) is 6.01. The van der Waals surface area contributed by atoms with Crippen molar-refractivity contribution in [2.45, 2.75) is 20.8 Å². The van der Waals surface area contributed by atoms with Crippen molar-refractivity contribution in [1.82, 2.24) is 0 Å². The van der Waals surface area contributed by atoms with E-state index in [9.17, 15) is 4.79 Å². The van der Waals surface area contributed by atoms with Gasteiger partial charge in [-0.3, -0.25) is 4.79 Å². The number of aryl methyl sites for hydroxylation is 3. The van der Waals surface area contributed by atoms with Gasteiger partial charge in [0.25, 0.3) is 0 Å². The fourth-order valence-electron chi connectivity index (χ4n) is 2.23. The van der Waals surface area contributed by atoms with Gasteiger partial charge in [-0.1, -0.05) is 29.8 Å². The minimum atomic E-state index is 0.678. The molecular formula is C16H17NO. The Morgan fingerprint density at radius 2 is 1.61 bits per heavy atom. The standard InChI is InChI=1S/C16H17NO/c1-11-8-12(2)16(13(3)9-11)17-15-7-5-4-6-14(15)10-18/h4-10,17H,1-3H3. The summed E-state index contributed by atoms with van der Waals surface area (Å²) in [7, 11) is 0. The third-order valence-corrected chi connectivity index (χ3v) is 3.02. The highest BCUT2D eigenvalue weighted by molar-refractivity contribution is 5.86. The van der Waals surface area contributed by atoms with Crippen LogP contribution in [-0.2, 0) is 0 Å². The minimum absolute atomic E-state index is 0.678. The van der Waals surface area contributed by atoms with Crippen LogP contribution in [0.5, 0.6) is 0 Å². The molecule has 0 heterocycles. The van der Waals surface area contributed by atoms with Crippen LogP contribution in [0.15, 0.2) is 36.4 Å². The molecule has 2 rings (SSSR count). The molecule has 0 unspecified atom stereocenters. The maximum Gasteiger partial charge on any atom is 0.152 e. The lowest BCUT2D eigenvalue weighted by atomic mass is 10.0. The zero-order chi connectivity index (χ0) is 13.1. The molecule has 0 aliphatic rings. The van der Waals surface area contributed by atoms with E-state index in [1.165, 1.54) is 16.7 Å². The van der Waals surface area contributed by atoms with Gasteiger partial charge in [0, 0.05) is 16.9 Å². The molecule has 0 atom stereocenters. The number of carbonyl (C=O) groups excluding carboxylic acids is 1. The summed E-state index contributed by atoms with van der Waals surface area (Å²) in [5, 5.41) is 3.36.